The van der Waals surface area contributed by atoms with Gasteiger partial charge in [0.15, 0.2) is 0 Å². The number of amides is 1. The maximum atomic E-state index is 12.9. The van der Waals surface area contributed by atoms with Crippen LogP contribution in [-0.4, -0.2) is 36.2 Å². The largest absolute Gasteiger partial charge is 0.444 e. The molecule has 2 rings (SSSR count). The third kappa shape index (κ3) is 5.11. The van der Waals surface area contributed by atoms with E-state index in [2.05, 4.69) is 0 Å². The summed E-state index contributed by atoms with van der Waals surface area (Å²) in [5.41, 5.74) is 5.16. The number of carbonyl (C=O) groups is 1. The molecule has 4 nitrogen and oxygen atoms in total. The minimum Gasteiger partial charge on any atom is -0.444 e. The number of hydrogen-bond donors (Lipinski definition) is 1. The number of halogens is 3. The third-order valence-electron chi connectivity index (χ3n) is 4.34. The number of likely N-dealkylation sites (tertiary alicyclic amines) is 1. The summed E-state index contributed by atoms with van der Waals surface area (Å²) in [4.78, 5) is 13.8. The molecule has 1 amide bonds. The van der Waals surface area contributed by atoms with E-state index in [0.29, 0.717) is 25.1 Å². The SMILES string of the molecule is CC(C)(C)OC(=O)N1CCC(C(CN)c2cccc(C(F)(F)F)c2)C1. The first kappa shape index (κ1) is 19.6. The molecule has 0 aromatic heterocycles. The number of carbonyl (C=O) groups excluding carboxylic acids is 1. The number of alkyl halides is 3. The highest BCUT2D eigenvalue weighted by Crippen LogP contribution is 2.35. The van der Waals surface area contributed by atoms with Crippen LogP contribution in [0.25, 0.3) is 0 Å². The Hall–Kier alpha value is -1.76. The second-order valence-electron chi connectivity index (χ2n) is 7.44. The molecule has 0 aliphatic carbocycles. The molecule has 1 aliphatic rings. The lowest BCUT2D eigenvalue weighted by atomic mass is 9.85. The summed E-state index contributed by atoms with van der Waals surface area (Å²) in [6, 6.07) is 5.29. The summed E-state index contributed by atoms with van der Waals surface area (Å²) < 4.78 is 44.2. The van der Waals surface area contributed by atoms with E-state index in [1.54, 1.807) is 31.7 Å². The van der Waals surface area contributed by atoms with Gasteiger partial charge < -0.3 is 15.4 Å². The first-order valence-corrected chi connectivity index (χ1v) is 8.36. The lowest BCUT2D eigenvalue weighted by Crippen LogP contribution is -2.36. The van der Waals surface area contributed by atoms with Crippen LogP contribution >= 0.6 is 0 Å². The van der Waals surface area contributed by atoms with Gasteiger partial charge in [-0.05, 0) is 51.3 Å². The van der Waals surface area contributed by atoms with Crippen molar-refractivity contribution >= 4 is 6.09 Å². The molecule has 1 aromatic carbocycles. The van der Waals surface area contributed by atoms with E-state index in [1.165, 1.54) is 6.07 Å². The van der Waals surface area contributed by atoms with Crippen molar-refractivity contribution in [2.24, 2.45) is 11.7 Å². The third-order valence-corrected chi connectivity index (χ3v) is 4.34. The van der Waals surface area contributed by atoms with Gasteiger partial charge >= 0.3 is 12.3 Å². The van der Waals surface area contributed by atoms with Gasteiger partial charge in [0, 0.05) is 19.0 Å². The fourth-order valence-corrected chi connectivity index (χ4v) is 3.15. The molecule has 0 bridgehead atoms. The van der Waals surface area contributed by atoms with E-state index in [9.17, 15) is 18.0 Å². The van der Waals surface area contributed by atoms with Crippen molar-refractivity contribution in [2.75, 3.05) is 19.6 Å². The van der Waals surface area contributed by atoms with Crippen molar-refractivity contribution in [1.82, 2.24) is 4.90 Å². The average Bonchev–Trinajstić information content (AvgIpc) is 2.95. The van der Waals surface area contributed by atoms with Crippen molar-refractivity contribution in [3.8, 4) is 0 Å². The maximum absolute atomic E-state index is 12.9. The molecule has 1 aromatic rings. The zero-order valence-corrected chi connectivity index (χ0v) is 14.8. The lowest BCUT2D eigenvalue weighted by Gasteiger charge is -2.26. The summed E-state index contributed by atoms with van der Waals surface area (Å²) in [5.74, 6) is -0.212. The highest BCUT2D eigenvalue weighted by molar-refractivity contribution is 5.68. The molecule has 1 fully saturated rings. The Balaban J connectivity index is 2.11. The molecule has 0 saturated carbocycles. The maximum Gasteiger partial charge on any atom is 0.416 e. The zero-order chi connectivity index (χ0) is 18.8. The van der Waals surface area contributed by atoms with Crippen molar-refractivity contribution in [3.05, 3.63) is 35.4 Å². The van der Waals surface area contributed by atoms with Gasteiger partial charge in [-0.2, -0.15) is 13.2 Å². The van der Waals surface area contributed by atoms with E-state index in [1.807, 2.05) is 0 Å². The summed E-state index contributed by atoms with van der Waals surface area (Å²) in [6.07, 6.45) is -4.08. The molecule has 7 heteroatoms. The van der Waals surface area contributed by atoms with Gasteiger partial charge in [-0.3, -0.25) is 0 Å². The number of ether oxygens (including phenoxy) is 1. The smallest absolute Gasteiger partial charge is 0.416 e. The molecule has 0 radical (unpaired) electrons. The van der Waals surface area contributed by atoms with Crippen LogP contribution in [0.3, 0.4) is 0 Å². The highest BCUT2D eigenvalue weighted by Gasteiger charge is 2.35. The van der Waals surface area contributed by atoms with E-state index < -0.39 is 23.4 Å². The highest BCUT2D eigenvalue weighted by atomic mass is 19.4. The minimum absolute atomic E-state index is 0.0148. The van der Waals surface area contributed by atoms with Gasteiger partial charge in [0.25, 0.3) is 0 Å². The summed E-state index contributed by atoms with van der Waals surface area (Å²) in [6.45, 7) is 6.58. The van der Waals surface area contributed by atoms with Gasteiger partial charge in [-0.1, -0.05) is 18.2 Å². The molecule has 2 unspecified atom stereocenters. The minimum atomic E-state index is -4.38. The standard InChI is InChI=1S/C18H25F3N2O2/c1-17(2,3)25-16(24)23-8-7-13(11-23)15(10-22)12-5-4-6-14(9-12)18(19,20)21/h4-6,9,13,15H,7-8,10-11,22H2,1-3H3. The molecule has 2 atom stereocenters. The average molecular weight is 358 g/mol. The first-order valence-electron chi connectivity index (χ1n) is 8.36. The van der Waals surface area contributed by atoms with Crippen molar-refractivity contribution in [3.63, 3.8) is 0 Å². The molecular weight excluding hydrogens is 333 g/mol. The molecular formula is C18H25F3N2O2. The topological polar surface area (TPSA) is 55.6 Å². The summed E-state index contributed by atoms with van der Waals surface area (Å²) in [5, 5.41) is 0. The van der Waals surface area contributed by atoms with Gasteiger partial charge in [0.05, 0.1) is 5.56 Å². The Kier molecular flexibility index (Phi) is 5.66. The van der Waals surface area contributed by atoms with Crippen LogP contribution < -0.4 is 5.73 Å². The van der Waals surface area contributed by atoms with Gasteiger partial charge in [0.2, 0.25) is 0 Å². The quantitative estimate of drug-likeness (QED) is 0.888. The van der Waals surface area contributed by atoms with Gasteiger partial charge in [-0.15, -0.1) is 0 Å². The zero-order valence-electron chi connectivity index (χ0n) is 14.8. The van der Waals surface area contributed by atoms with Crippen LogP contribution in [0.4, 0.5) is 18.0 Å². The molecule has 1 heterocycles. The Morgan fingerprint density at radius 1 is 1.36 bits per heavy atom. The number of nitrogens with zero attached hydrogens (tertiary/aromatic N) is 1. The molecule has 140 valence electrons. The van der Waals surface area contributed by atoms with Crippen molar-refractivity contribution in [2.45, 2.75) is 44.9 Å². The fourth-order valence-electron chi connectivity index (χ4n) is 3.15. The predicted molar refractivity (Wildman–Crippen MR) is 89.2 cm³/mol. The second-order valence-corrected chi connectivity index (χ2v) is 7.44. The van der Waals surface area contributed by atoms with Gasteiger partial charge in [-0.25, -0.2) is 4.79 Å². The van der Waals surface area contributed by atoms with Crippen molar-refractivity contribution in [1.29, 1.82) is 0 Å². The van der Waals surface area contributed by atoms with Crippen LogP contribution in [0.2, 0.25) is 0 Å². The van der Waals surface area contributed by atoms with Crippen LogP contribution in [0.5, 0.6) is 0 Å². The summed E-state index contributed by atoms with van der Waals surface area (Å²) in [7, 11) is 0. The number of hydrogen-bond acceptors (Lipinski definition) is 3. The Morgan fingerprint density at radius 3 is 2.60 bits per heavy atom. The predicted octanol–water partition coefficient (Wildman–Crippen LogP) is 4.00. The molecule has 1 aliphatic heterocycles. The fraction of sp³-hybridized carbons (Fsp3) is 0.611. The summed E-state index contributed by atoms with van der Waals surface area (Å²) >= 11 is 0. The van der Waals surface area contributed by atoms with Crippen LogP contribution in [0, 0.1) is 5.92 Å². The van der Waals surface area contributed by atoms with Crippen molar-refractivity contribution < 1.29 is 22.7 Å². The molecule has 2 N–H and O–H groups in total. The monoisotopic (exact) mass is 358 g/mol. The molecule has 1 saturated heterocycles. The Labute approximate surface area is 146 Å². The number of nitrogens with two attached hydrogens (primary N) is 1. The lowest BCUT2D eigenvalue weighted by molar-refractivity contribution is -0.137. The number of benzene rings is 1. The normalized spacial score (nSPS) is 19.8. The van der Waals surface area contributed by atoms with Gasteiger partial charge in [0.1, 0.15) is 5.60 Å². The number of rotatable bonds is 3. The van der Waals surface area contributed by atoms with Crippen LogP contribution in [0.1, 0.15) is 44.2 Å². The molecule has 25 heavy (non-hydrogen) atoms. The molecule has 0 spiro atoms. The Morgan fingerprint density at radius 2 is 2.04 bits per heavy atom. The van der Waals surface area contributed by atoms with Crippen LogP contribution in [-0.2, 0) is 10.9 Å². The second kappa shape index (κ2) is 7.23. The van der Waals surface area contributed by atoms with E-state index in [0.717, 1.165) is 12.1 Å². The first-order chi connectivity index (χ1) is 11.5. The Bertz CT molecular complexity index is 611. The van der Waals surface area contributed by atoms with E-state index in [-0.39, 0.29) is 18.4 Å². The van der Waals surface area contributed by atoms with E-state index in [4.69, 9.17) is 10.5 Å². The van der Waals surface area contributed by atoms with E-state index >= 15 is 0 Å². The van der Waals surface area contributed by atoms with Crippen LogP contribution in [0.15, 0.2) is 24.3 Å².